The average Bonchev–Trinajstić information content (AvgIpc) is 2.63. The van der Waals surface area contributed by atoms with Crippen LogP contribution in [0.25, 0.3) is 0 Å². The van der Waals surface area contributed by atoms with Crippen molar-refractivity contribution in [2.75, 3.05) is 7.05 Å². The Hall–Kier alpha value is -1.44. The predicted molar refractivity (Wildman–Crippen MR) is 66.7 cm³/mol. The molecule has 0 amide bonds. The Labute approximate surface area is 107 Å². The summed E-state index contributed by atoms with van der Waals surface area (Å²) in [5.74, 6) is 0. The zero-order valence-corrected chi connectivity index (χ0v) is 10.5. The number of piperidine rings is 1. The van der Waals surface area contributed by atoms with Gasteiger partial charge in [-0.2, -0.15) is 5.26 Å². The van der Waals surface area contributed by atoms with Gasteiger partial charge in [-0.25, -0.2) is 0 Å². The molecule has 2 atom stereocenters. The first-order valence-corrected chi connectivity index (χ1v) is 6.43. The number of rotatable bonds is 1. The molecule has 18 heavy (non-hydrogen) atoms. The maximum atomic E-state index is 10.9. The molecule has 2 unspecified atom stereocenters. The fourth-order valence-corrected chi connectivity index (χ4v) is 3.41. The Balaban J connectivity index is 1.94. The van der Waals surface area contributed by atoms with Crippen molar-refractivity contribution in [3.8, 4) is 6.07 Å². The quantitative estimate of drug-likeness (QED) is 0.810. The summed E-state index contributed by atoms with van der Waals surface area (Å²) >= 11 is 0. The van der Waals surface area contributed by atoms with Gasteiger partial charge in [0, 0.05) is 18.3 Å². The normalized spacial score (nSPS) is 35.4. The van der Waals surface area contributed by atoms with Gasteiger partial charge in [-0.15, -0.1) is 0 Å². The van der Waals surface area contributed by atoms with Crippen molar-refractivity contribution in [1.82, 2.24) is 9.88 Å². The van der Waals surface area contributed by atoms with Gasteiger partial charge in [0.25, 0.3) is 0 Å². The molecule has 1 aromatic rings. The van der Waals surface area contributed by atoms with Crippen LogP contribution in [0, 0.1) is 11.3 Å². The van der Waals surface area contributed by atoms with Gasteiger partial charge in [0.05, 0.1) is 17.3 Å². The van der Waals surface area contributed by atoms with Crippen LogP contribution < -0.4 is 0 Å². The van der Waals surface area contributed by atoms with Crippen LogP contribution in [0.3, 0.4) is 0 Å². The van der Waals surface area contributed by atoms with Crippen LogP contribution in [0.2, 0.25) is 0 Å². The highest BCUT2D eigenvalue weighted by Gasteiger charge is 2.47. The molecular formula is C14H17N3O. The molecule has 2 aliphatic rings. The predicted octanol–water partition coefficient (Wildman–Crippen LogP) is 1.40. The van der Waals surface area contributed by atoms with E-state index in [1.807, 2.05) is 0 Å². The standard InChI is InChI=1S/C14H17N3O/c1-17-11-2-3-12(17)8-14(18,7-11)13-6-10(9-15)4-5-16-13/h4-6,11-12,18H,2-3,7-8H2,1H3. The minimum Gasteiger partial charge on any atom is -0.383 e. The average molecular weight is 243 g/mol. The van der Waals surface area contributed by atoms with Crippen LogP contribution >= 0.6 is 0 Å². The molecule has 0 radical (unpaired) electrons. The van der Waals surface area contributed by atoms with E-state index in [2.05, 4.69) is 23.0 Å². The lowest BCUT2D eigenvalue weighted by atomic mass is 9.83. The van der Waals surface area contributed by atoms with E-state index in [-0.39, 0.29) is 0 Å². The van der Waals surface area contributed by atoms with E-state index >= 15 is 0 Å². The SMILES string of the molecule is CN1C2CCC1CC(O)(c1cc(C#N)ccn1)C2. The third-order valence-electron chi connectivity index (χ3n) is 4.50. The second kappa shape index (κ2) is 4.04. The minimum absolute atomic E-state index is 0.446. The van der Waals surface area contributed by atoms with Gasteiger partial charge in [0.15, 0.2) is 0 Å². The lowest BCUT2D eigenvalue weighted by Gasteiger charge is -2.41. The van der Waals surface area contributed by atoms with E-state index in [0.717, 1.165) is 25.7 Å². The number of hydrogen-bond donors (Lipinski definition) is 1. The summed E-state index contributed by atoms with van der Waals surface area (Å²) in [4.78, 5) is 6.66. The fraction of sp³-hybridized carbons (Fsp3) is 0.571. The first kappa shape index (κ1) is 11.6. The van der Waals surface area contributed by atoms with Crippen molar-refractivity contribution in [2.45, 2.75) is 43.4 Å². The fourth-order valence-electron chi connectivity index (χ4n) is 3.41. The maximum absolute atomic E-state index is 10.9. The van der Waals surface area contributed by atoms with Gasteiger partial charge in [-0.05, 0) is 44.9 Å². The lowest BCUT2D eigenvalue weighted by molar-refractivity contribution is -0.0524. The first-order chi connectivity index (χ1) is 8.62. The van der Waals surface area contributed by atoms with E-state index < -0.39 is 5.60 Å². The highest BCUT2D eigenvalue weighted by molar-refractivity contribution is 5.31. The van der Waals surface area contributed by atoms with Gasteiger partial charge < -0.3 is 10.0 Å². The second-order valence-corrected chi connectivity index (χ2v) is 5.53. The minimum atomic E-state index is -0.856. The number of aliphatic hydroxyl groups is 1. The van der Waals surface area contributed by atoms with Gasteiger partial charge in [0.2, 0.25) is 0 Å². The van der Waals surface area contributed by atoms with Crippen LogP contribution in [0.15, 0.2) is 18.3 Å². The highest BCUT2D eigenvalue weighted by Crippen LogP contribution is 2.44. The third-order valence-corrected chi connectivity index (χ3v) is 4.50. The molecule has 94 valence electrons. The van der Waals surface area contributed by atoms with Crippen molar-refractivity contribution in [2.24, 2.45) is 0 Å². The summed E-state index contributed by atoms with van der Waals surface area (Å²) < 4.78 is 0. The van der Waals surface area contributed by atoms with Gasteiger partial charge in [-0.3, -0.25) is 4.98 Å². The number of hydrogen-bond acceptors (Lipinski definition) is 4. The third kappa shape index (κ3) is 1.71. The topological polar surface area (TPSA) is 60.1 Å². The molecule has 1 aromatic heterocycles. The molecule has 3 heterocycles. The van der Waals surface area contributed by atoms with E-state index in [1.54, 1.807) is 18.3 Å². The van der Waals surface area contributed by atoms with Crippen LogP contribution in [0.1, 0.15) is 36.9 Å². The number of nitrogens with zero attached hydrogens (tertiary/aromatic N) is 3. The van der Waals surface area contributed by atoms with E-state index in [0.29, 0.717) is 23.3 Å². The van der Waals surface area contributed by atoms with E-state index in [9.17, 15) is 5.11 Å². The number of nitriles is 1. The summed E-state index contributed by atoms with van der Waals surface area (Å²) in [6.45, 7) is 0. The zero-order valence-electron chi connectivity index (χ0n) is 10.5. The summed E-state index contributed by atoms with van der Waals surface area (Å²) in [6, 6.07) is 6.40. The van der Waals surface area contributed by atoms with Crippen molar-refractivity contribution in [3.63, 3.8) is 0 Å². The Morgan fingerprint density at radius 2 is 2.11 bits per heavy atom. The molecule has 4 nitrogen and oxygen atoms in total. The zero-order chi connectivity index (χ0) is 12.8. The Morgan fingerprint density at radius 3 is 2.72 bits per heavy atom. The molecule has 0 aromatic carbocycles. The van der Waals surface area contributed by atoms with Crippen molar-refractivity contribution in [3.05, 3.63) is 29.6 Å². The van der Waals surface area contributed by atoms with Gasteiger partial charge in [0.1, 0.15) is 5.60 Å². The molecule has 2 fully saturated rings. The summed E-state index contributed by atoms with van der Waals surface area (Å²) in [7, 11) is 2.14. The number of pyridine rings is 1. The molecule has 0 spiro atoms. The molecule has 2 saturated heterocycles. The van der Waals surface area contributed by atoms with Crippen molar-refractivity contribution >= 4 is 0 Å². The van der Waals surface area contributed by atoms with E-state index in [1.165, 1.54) is 0 Å². The second-order valence-electron chi connectivity index (χ2n) is 5.53. The summed E-state index contributed by atoms with van der Waals surface area (Å²) in [5, 5.41) is 19.8. The van der Waals surface area contributed by atoms with Crippen LogP contribution in [0.5, 0.6) is 0 Å². The molecular weight excluding hydrogens is 226 g/mol. The van der Waals surface area contributed by atoms with Crippen LogP contribution in [-0.4, -0.2) is 34.1 Å². The molecule has 4 heteroatoms. The smallest absolute Gasteiger partial charge is 0.109 e. The van der Waals surface area contributed by atoms with E-state index in [4.69, 9.17) is 5.26 Å². The van der Waals surface area contributed by atoms with Crippen molar-refractivity contribution < 1.29 is 5.11 Å². The molecule has 2 aliphatic heterocycles. The Morgan fingerprint density at radius 1 is 1.44 bits per heavy atom. The molecule has 2 bridgehead atoms. The lowest BCUT2D eigenvalue weighted by Crippen LogP contribution is -2.48. The number of aromatic nitrogens is 1. The van der Waals surface area contributed by atoms with Crippen LogP contribution in [-0.2, 0) is 5.60 Å². The maximum Gasteiger partial charge on any atom is 0.109 e. The van der Waals surface area contributed by atoms with Gasteiger partial charge >= 0.3 is 0 Å². The number of fused-ring (bicyclic) bond motifs is 2. The Bertz CT molecular complexity index is 494. The highest BCUT2D eigenvalue weighted by atomic mass is 16.3. The van der Waals surface area contributed by atoms with Gasteiger partial charge in [-0.1, -0.05) is 0 Å². The first-order valence-electron chi connectivity index (χ1n) is 6.43. The monoisotopic (exact) mass is 243 g/mol. The summed E-state index contributed by atoms with van der Waals surface area (Å²) in [5.41, 5.74) is 0.372. The molecule has 0 saturated carbocycles. The molecule has 3 rings (SSSR count). The largest absolute Gasteiger partial charge is 0.383 e. The van der Waals surface area contributed by atoms with Crippen molar-refractivity contribution in [1.29, 1.82) is 5.26 Å². The van der Waals surface area contributed by atoms with Crippen LogP contribution in [0.4, 0.5) is 0 Å². The molecule has 1 N–H and O–H groups in total. The molecule has 0 aliphatic carbocycles. The summed E-state index contributed by atoms with van der Waals surface area (Å²) in [6.07, 6.45) is 5.37. The Kier molecular flexibility index (Phi) is 2.61.